The second-order valence-corrected chi connectivity index (χ2v) is 5.02. The Labute approximate surface area is 119 Å². The van der Waals surface area contributed by atoms with E-state index in [9.17, 15) is 0 Å². The smallest absolute Gasteiger partial charge is 0.130 e. The highest BCUT2D eigenvalue weighted by atomic mass is 15.2. The molecular weight excluding hydrogens is 250 g/mol. The van der Waals surface area contributed by atoms with E-state index in [1.165, 1.54) is 12.0 Å². The summed E-state index contributed by atoms with van der Waals surface area (Å²) in [6.07, 6.45) is 9.55. The van der Waals surface area contributed by atoms with Crippen molar-refractivity contribution >= 4 is 5.82 Å². The van der Waals surface area contributed by atoms with Crippen molar-refractivity contribution in [2.24, 2.45) is 0 Å². The third-order valence-corrected chi connectivity index (χ3v) is 3.79. The zero-order chi connectivity index (χ0) is 13.8. The monoisotopic (exact) mass is 269 g/mol. The molecule has 3 rings (SSSR count). The third kappa shape index (κ3) is 2.63. The molecule has 2 aromatic rings. The molecule has 0 amide bonds. The topological polar surface area (TPSA) is 53.9 Å². The van der Waals surface area contributed by atoms with Crippen molar-refractivity contribution in [1.29, 1.82) is 0 Å². The molecule has 0 bridgehead atoms. The Hall–Kier alpha value is -2.01. The molecule has 0 aromatic carbocycles. The summed E-state index contributed by atoms with van der Waals surface area (Å²) < 4.78 is 0. The van der Waals surface area contributed by atoms with E-state index in [4.69, 9.17) is 0 Å². The lowest BCUT2D eigenvalue weighted by Crippen LogP contribution is -2.24. The molecule has 1 saturated heterocycles. The Morgan fingerprint density at radius 3 is 3.05 bits per heavy atom. The molecule has 5 heteroatoms. The minimum Gasteiger partial charge on any atom is -0.373 e. The van der Waals surface area contributed by atoms with Gasteiger partial charge in [0.1, 0.15) is 5.82 Å². The van der Waals surface area contributed by atoms with Crippen LogP contribution in [0, 0.1) is 0 Å². The fourth-order valence-corrected chi connectivity index (χ4v) is 2.84. The third-order valence-electron chi connectivity index (χ3n) is 3.79. The van der Waals surface area contributed by atoms with Gasteiger partial charge in [-0.05, 0) is 25.5 Å². The van der Waals surface area contributed by atoms with Crippen molar-refractivity contribution in [2.45, 2.75) is 25.4 Å². The second-order valence-electron chi connectivity index (χ2n) is 5.02. The highest BCUT2D eigenvalue weighted by Gasteiger charge is 2.27. The minimum atomic E-state index is 0.369. The van der Waals surface area contributed by atoms with E-state index in [1.54, 1.807) is 12.4 Å². The summed E-state index contributed by atoms with van der Waals surface area (Å²) in [6, 6.07) is 4.49. The number of nitrogens with one attached hydrogen (secondary N) is 1. The minimum absolute atomic E-state index is 0.369. The van der Waals surface area contributed by atoms with E-state index in [1.807, 2.05) is 25.5 Å². The Kier molecular flexibility index (Phi) is 3.87. The summed E-state index contributed by atoms with van der Waals surface area (Å²) in [5, 5.41) is 3.16. The Morgan fingerprint density at radius 2 is 2.25 bits per heavy atom. The van der Waals surface area contributed by atoms with Crippen molar-refractivity contribution < 1.29 is 0 Å². The fraction of sp³-hybridized carbons (Fsp3) is 0.400. The molecule has 0 unspecified atom stereocenters. The van der Waals surface area contributed by atoms with Crippen LogP contribution in [0.5, 0.6) is 0 Å². The van der Waals surface area contributed by atoms with Gasteiger partial charge in [-0.1, -0.05) is 6.07 Å². The number of hydrogen-bond donors (Lipinski definition) is 1. The summed E-state index contributed by atoms with van der Waals surface area (Å²) in [7, 11) is 1.91. The maximum absolute atomic E-state index is 4.46. The van der Waals surface area contributed by atoms with Crippen LogP contribution in [0.25, 0.3) is 0 Å². The van der Waals surface area contributed by atoms with Gasteiger partial charge in [0, 0.05) is 43.9 Å². The van der Waals surface area contributed by atoms with Crippen molar-refractivity contribution in [2.75, 3.05) is 18.9 Å². The molecule has 0 radical (unpaired) electrons. The van der Waals surface area contributed by atoms with Gasteiger partial charge in [0.25, 0.3) is 0 Å². The first-order valence-corrected chi connectivity index (χ1v) is 7.00. The average Bonchev–Trinajstić information content (AvgIpc) is 2.97. The van der Waals surface area contributed by atoms with E-state index in [0.717, 1.165) is 31.0 Å². The number of pyridine rings is 1. The number of hydrogen-bond acceptors (Lipinski definition) is 5. The lowest BCUT2D eigenvalue weighted by molar-refractivity contribution is 0.244. The van der Waals surface area contributed by atoms with Crippen LogP contribution >= 0.6 is 0 Å². The Balaban J connectivity index is 1.79. The molecular formula is C15H19N5. The maximum atomic E-state index is 4.46. The van der Waals surface area contributed by atoms with Gasteiger partial charge >= 0.3 is 0 Å². The standard InChI is InChI=1S/C15H19N5/c1-16-15-12(4-2-6-19-15)11-20-9-3-5-14(20)13-10-17-7-8-18-13/h2,4,6-8,10,14H,3,5,9,11H2,1H3,(H,16,19)/t14-/m1/s1. The molecule has 0 aliphatic carbocycles. The van der Waals surface area contributed by atoms with Gasteiger partial charge in [0.15, 0.2) is 0 Å². The van der Waals surface area contributed by atoms with E-state index >= 15 is 0 Å². The van der Waals surface area contributed by atoms with Gasteiger partial charge in [-0.3, -0.25) is 14.9 Å². The lowest BCUT2D eigenvalue weighted by Gasteiger charge is -2.24. The summed E-state index contributed by atoms with van der Waals surface area (Å²) in [4.78, 5) is 15.5. The zero-order valence-corrected chi connectivity index (χ0v) is 11.7. The number of rotatable bonds is 4. The molecule has 0 saturated carbocycles. The van der Waals surface area contributed by atoms with Crippen LogP contribution in [0.15, 0.2) is 36.9 Å². The molecule has 1 atom stereocenters. The molecule has 2 aromatic heterocycles. The van der Waals surface area contributed by atoms with Gasteiger partial charge in [-0.2, -0.15) is 0 Å². The first kappa shape index (κ1) is 13.0. The van der Waals surface area contributed by atoms with Gasteiger partial charge in [0.2, 0.25) is 0 Å². The summed E-state index contributed by atoms with van der Waals surface area (Å²) in [5.74, 6) is 0.956. The van der Waals surface area contributed by atoms with Gasteiger partial charge in [-0.25, -0.2) is 4.98 Å². The normalized spacial score (nSPS) is 19.1. The number of anilines is 1. The second kappa shape index (κ2) is 5.96. The largest absolute Gasteiger partial charge is 0.373 e. The van der Waals surface area contributed by atoms with Crippen LogP contribution in [0.1, 0.15) is 30.1 Å². The van der Waals surface area contributed by atoms with Crippen LogP contribution in [-0.4, -0.2) is 33.4 Å². The van der Waals surface area contributed by atoms with E-state index in [0.29, 0.717) is 6.04 Å². The van der Waals surface area contributed by atoms with Crippen LogP contribution < -0.4 is 5.32 Å². The summed E-state index contributed by atoms with van der Waals surface area (Å²) in [6.45, 7) is 1.99. The molecule has 1 aliphatic heterocycles. The van der Waals surface area contributed by atoms with Crippen molar-refractivity contribution in [1.82, 2.24) is 19.9 Å². The molecule has 3 heterocycles. The predicted octanol–water partition coefficient (Wildman–Crippen LogP) is 2.25. The molecule has 1 N–H and O–H groups in total. The fourth-order valence-electron chi connectivity index (χ4n) is 2.84. The Morgan fingerprint density at radius 1 is 1.30 bits per heavy atom. The molecule has 1 aliphatic rings. The van der Waals surface area contributed by atoms with E-state index < -0.39 is 0 Å². The molecule has 20 heavy (non-hydrogen) atoms. The number of likely N-dealkylation sites (tertiary alicyclic amines) is 1. The van der Waals surface area contributed by atoms with Crippen LogP contribution in [0.4, 0.5) is 5.82 Å². The number of aromatic nitrogens is 3. The summed E-state index contributed by atoms with van der Waals surface area (Å²) in [5.41, 5.74) is 2.30. The zero-order valence-electron chi connectivity index (χ0n) is 11.7. The van der Waals surface area contributed by atoms with Crippen LogP contribution in [0.2, 0.25) is 0 Å². The SMILES string of the molecule is CNc1ncccc1CN1CCC[C@@H]1c1cnccn1. The van der Waals surface area contributed by atoms with Gasteiger partial charge in [0.05, 0.1) is 11.7 Å². The highest BCUT2D eigenvalue weighted by molar-refractivity contribution is 5.42. The predicted molar refractivity (Wildman–Crippen MR) is 78.2 cm³/mol. The lowest BCUT2D eigenvalue weighted by atomic mass is 10.1. The van der Waals surface area contributed by atoms with Crippen LogP contribution in [-0.2, 0) is 6.54 Å². The van der Waals surface area contributed by atoms with Crippen LogP contribution in [0.3, 0.4) is 0 Å². The quantitative estimate of drug-likeness (QED) is 0.922. The molecule has 5 nitrogen and oxygen atoms in total. The molecule has 104 valence electrons. The van der Waals surface area contributed by atoms with Gasteiger partial charge < -0.3 is 5.32 Å². The van der Waals surface area contributed by atoms with Crippen molar-refractivity contribution in [3.05, 3.63) is 48.2 Å². The average molecular weight is 269 g/mol. The Bertz CT molecular complexity index is 557. The molecule has 0 spiro atoms. The van der Waals surface area contributed by atoms with Crippen molar-refractivity contribution in [3.63, 3.8) is 0 Å². The van der Waals surface area contributed by atoms with Gasteiger partial charge in [-0.15, -0.1) is 0 Å². The summed E-state index contributed by atoms with van der Waals surface area (Å²) >= 11 is 0. The van der Waals surface area contributed by atoms with E-state index in [2.05, 4.69) is 31.2 Å². The highest BCUT2D eigenvalue weighted by Crippen LogP contribution is 2.32. The maximum Gasteiger partial charge on any atom is 0.130 e. The van der Waals surface area contributed by atoms with E-state index in [-0.39, 0.29) is 0 Å². The number of nitrogens with zero attached hydrogens (tertiary/aromatic N) is 4. The van der Waals surface area contributed by atoms with Crippen molar-refractivity contribution in [3.8, 4) is 0 Å². The molecule has 1 fully saturated rings. The first-order valence-electron chi connectivity index (χ1n) is 7.00. The first-order chi connectivity index (χ1) is 9.88.